The molecule has 0 unspecified atom stereocenters. The average molecular weight is 264 g/mol. The van der Waals surface area contributed by atoms with E-state index in [-0.39, 0.29) is 0 Å². The summed E-state index contributed by atoms with van der Waals surface area (Å²) in [4.78, 5) is 8.69. The minimum absolute atomic E-state index is 0.680. The van der Waals surface area contributed by atoms with Gasteiger partial charge in [0.1, 0.15) is 17.3 Å². The van der Waals surface area contributed by atoms with Crippen LogP contribution < -0.4 is 5.73 Å². The number of pyridine rings is 1. The molecule has 2 N–H and O–H groups in total. The van der Waals surface area contributed by atoms with Gasteiger partial charge in [-0.3, -0.25) is 4.98 Å². The zero-order chi connectivity index (χ0) is 13.9. The van der Waals surface area contributed by atoms with Gasteiger partial charge in [0.05, 0.1) is 6.54 Å². The zero-order valence-corrected chi connectivity index (χ0v) is 11.3. The third kappa shape index (κ3) is 2.28. The Bertz CT molecular complexity index is 702. The molecule has 0 atom stereocenters. The molecule has 0 bridgehead atoms. The molecular weight excluding hydrogens is 248 g/mol. The molecule has 3 aromatic rings. The molecule has 1 aromatic carbocycles. The number of hydrogen-bond acceptors (Lipinski definition) is 3. The van der Waals surface area contributed by atoms with Gasteiger partial charge < -0.3 is 10.3 Å². The van der Waals surface area contributed by atoms with E-state index in [1.807, 2.05) is 41.8 Å². The summed E-state index contributed by atoms with van der Waals surface area (Å²) in [5.74, 6) is 1.59. The van der Waals surface area contributed by atoms with Crippen LogP contribution in [0.5, 0.6) is 0 Å². The van der Waals surface area contributed by atoms with E-state index in [1.165, 1.54) is 5.56 Å². The largest absolute Gasteiger partial charge is 0.383 e. The van der Waals surface area contributed by atoms with Crippen molar-refractivity contribution in [1.29, 1.82) is 0 Å². The Hall–Kier alpha value is -2.62. The Morgan fingerprint density at radius 3 is 2.60 bits per heavy atom. The van der Waals surface area contributed by atoms with E-state index >= 15 is 0 Å². The molecular formula is C16H16N4. The highest BCUT2D eigenvalue weighted by atomic mass is 15.1. The molecule has 4 heteroatoms. The molecule has 0 saturated carbocycles. The average Bonchev–Trinajstić information content (AvgIpc) is 2.77. The molecule has 0 spiro atoms. The quantitative estimate of drug-likeness (QED) is 0.791. The summed E-state index contributed by atoms with van der Waals surface area (Å²) in [6.07, 6.45) is 3.53. The standard InChI is InChI=1S/C16H16N4/c1-12-19-15(14-8-5-9-18-10-14)16(17)20(12)11-13-6-3-2-4-7-13/h2-10H,11,17H2,1H3. The van der Waals surface area contributed by atoms with Gasteiger partial charge in [-0.05, 0) is 24.6 Å². The first-order valence-electron chi connectivity index (χ1n) is 6.52. The molecule has 4 nitrogen and oxygen atoms in total. The van der Waals surface area contributed by atoms with Gasteiger partial charge in [0.25, 0.3) is 0 Å². The maximum atomic E-state index is 6.26. The number of benzene rings is 1. The highest BCUT2D eigenvalue weighted by molar-refractivity contribution is 5.70. The first-order chi connectivity index (χ1) is 9.75. The lowest BCUT2D eigenvalue weighted by molar-refractivity contribution is 0.771. The summed E-state index contributed by atoms with van der Waals surface area (Å²) in [6, 6.07) is 14.1. The van der Waals surface area contributed by atoms with E-state index in [1.54, 1.807) is 12.4 Å². The number of anilines is 1. The van der Waals surface area contributed by atoms with E-state index < -0.39 is 0 Å². The summed E-state index contributed by atoms with van der Waals surface area (Å²) >= 11 is 0. The van der Waals surface area contributed by atoms with Gasteiger partial charge in [-0.2, -0.15) is 0 Å². The van der Waals surface area contributed by atoms with Crippen LogP contribution in [0.4, 0.5) is 5.82 Å². The smallest absolute Gasteiger partial charge is 0.132 e. The van der Waals surface area contributed by atoms with Crippen molar-refractivity contribution in [2.45, 2.75) is 13.5 Å². The van der Waals surface area contributed by atoms with Crippen LogP contribution in [0, 0.1) is 6.92 Å². The van der Waals surface area contributed by atoms with Crippen molar-refractivity contribution in [2.75, 3.05) is 5.73 Å². The fraction of sp³-hybridized carbons (Fsp3) is 0.125. The summed E-state index contributed by atoms with van der Waals surface area (Å²) in [7, 11) is 0. The molecule has 0 aliphatic carbocycles. The summed E-state index contributed by atoms with van der Waals surface area (Å²) in [5.41, 5.74) is 9.20. The van der Waals surface area contributed by atoms with Crippen molar-refractivity contribution in [3.63, 3.8) is 0 Å². The lowest BCUT2D eigenvalue weighted by Gasteiger charge is -2.08. The summed E-state index contributed by atoms with van der Waals surface area (Å²) in [5, 5.41) is 0. The van der Waals surface area contributed by atoms with Gasteiger partial charge in [-0.25, -0.2) is 4.98 Å². The van der Waals surface area contributed by atoms with Gasteiger partial charge >= 0.3 is 0 Å². The number of imidazole rings is 1. The van der Waals surface area contributed by atoms with E-state index in [4.69, 9.17) is 5.73 Å². The Balaban J connectivity index is 1.99. The van der Waals surface area contributed by atoms with Crippen molar-refractivity contribution in [1.82, 2.24) is 14.5 Å². The van der Waals surface area contributed by atoms with E-state index in [9.17, 15) is 0 Å². The number of nitrogens with two attached hydrogens (primary N) is 1. The predicted molar refractivity (Wildman–Crippen MR) is 80.2 cm³/mol. The number of nitrogen functional groups attached to an aromatic ring is 1. The van der Waals surface area contributed by atoms with E-state index in [0.717, 1.165) is 23.6 Å². The maximum absolute atomic E-state index is 6.26. The van der Waals surface area contributed by atoms with Crippen LogP contribution in [0.3, 0.4) is 0 Å². The van der Waals surface area contributed by atoms with Gasteiger partial charge in [0.15, 0.2) is 0 Å². The molecule has 0 radical (unpaired) electrons. The third-order valence-electron chi connectivity index (χ3n) is 3.32. The first-order valence-corrected chi connectivity index (χ1v) is 6.52. The highest BCUT2D eigenvalue weighted by Gasteiger charge is 2.13. The molecule has 2 heterocycles. The SMILES string of the molecule is Cc1nc(-c2cccnc2)c(N)n1Cc1ccccc1. The van der Waals surface area contributed by atoms with Crippen molar-refractivity contribution in [2.24, 2.45) is 0 Å². The van der Waals surface area contributed by atoms with Crippen LogP contribution in [-0.4, -0.2) is 14.5 Å². The second-order valence-electron chi connectivity index (χ2n) is 4.71. The summed E-state index contributed by atoms with van der Waals surface area (Å²) < 4.78 is 2.03. The Kier molecular flexibility index (Phi) is 3.21. The number of rotatable bonds is 3. The van der Waals surface area contributed by atoms with Gasteiger partial charge in [0.2, 0.25) is 0 Å². The van der Waals surface area contributed by atoms with E-state index in [0.29, 0.717) is 5.82 Å². The minimum atomic E-state index is 0.680. The van der Waals surface area contributed by atoms with Crippen LogP contribution in [0.15, 0.2) is 54.9 Å². The van der Waals surface area contributed by atoms with Crippen molar-refractivity contribution >= 4 is 5.82 Å². The summed E-state index contributed by atoms with van der Waals surface area (Å²) in [6.45, 7) is 2.70. The van der Waals surface area contributed by atoms with Crippen molar-refractivity contribution in [3.05, 3.63) is 66.2 Å². The number of aromatic nitrogens is 3. The first kappa shape index (κ1) is 12.4. The number of aryl methyl sites for hydroxylation is 1. The predicted octanol–water partition coefficient (Wildman–Crippen LogP) is 2.88. The number of nitrogens with zero attached hydrogens (tertiary/aromatic N) is 3. The monoisotopic (exact) mass is 264 g/mol. The van der Waals surface area contributed by atoms with Gasteiger partial charge in [0, 0.05) is 18.0 Å². The fourth-order valence-electron chi connectivity index (χ4n) is 2.26. The van der Waals surface area contributed by atoms with Crippen LogP contribution >= 0.6 is 0 Å². The Labute approximate surface area is 117 Å². The fourth-order valence-corrected chi connectivity index (χ4v) is 2.26. The number of hydrogen-bond donors (Lipinski definition) is 1. The maximum Gasteiger partial charge on any atom is 0.132 e. The highest BCUT2D eigenvalue weighted by Crippen LogP contribution is 2.26. The molecule has 20 heavy (non-hydrogen) atoms. The Morgan fingerprint density at radius 1 is 1.10 bits per heavy atom. The molecule has 0 saturated heterocycles. The second kappa shape index (κ2) is 5.17. The van der Waals surface area contributed by atoms with Crippen molar-refractivity contribution < 1.29 is 0 Å². The van der Waals surface area contributed by atoms with Gasteiger partial charge in [-0.1, -0.05) is 30.3 Å². The lowest BCUT2D eigenvalue weighted by atomic mass is 10.2. The lowest BCUT2D eigenvalue weighted by Crippen LogP contribution is -2.06. The molecule has 3 rings (SSSR count). The topological polar surface area (TPSA) is 56.7 Å². The molecule has 0 aliphatic rings. The second-order valence-corrected chi connectivity index (χ2v) is 4.71. The molecule has 100 valence electrons. The van der Waals surface area contributed by atoms with Gasteiger partial charge in [-0.15, -0.1) is 0 Å². The molecule has 0 aliphatic heterocycles. The molecule has 0 fully saturated rings. The minimum Gasteiger partial charge on any atom is -0.383 e. The molecule has 0 amide bonds. The normalized spacial score (nSPS) is 10.7. The van der Waals surface area contributed by atoms with Crippen molar-refractivity contribution in [3.8, 4) is 11.3 Å². The Morgan fingerprint density at radius 2 is 1.90 bits per heavy atom. The van der Waals surface area contributed by atoms with Crippen LogP contribution in [0.25, 0.3) is 11.3 Å². The zero-order valence-electron chi connectivity index (χ0n) is 11.3. The van der Waals surface area contributed by atoms with Crippen LogP contribution in [-0.2, 0) is 6.54 Å². The van der Waals surface area contributed by atoms with Crippen LogP contribution in [0.1, 0.15) is 11.4 Å². The van der Waals surface area contributed by atoms with Crippen LogP contribution in [0.2, 0.25) is 0 Å². The molecule has 2 aromatic heterocycles. The third-order valence-corrected chi connectivity index (χ3v) is 3.32. The van der Waals surface area contributed by atoms with E-state index in [2.05, 4.69) is 22.1 Å².